The Labute approximate surface area is 161 Å². The predicted octanol–water partition coefficient (Wildman–Crippen LogP) is 2.69. The van der Waals surface area contributed by atoms with Crippen molar-refractivity contribution in [3.63, 3.8) is 0 Å². The molecule has 3 amide bonds. The normalized spacial score (nSPS) is 14.1. The maximum Gasteiger partial charge on any atom is 0.321 e. The number of anilines is 2. The molecule has 26 heavy (non-hydrogen) atoms. The van der Waals surface area contributed by atoms with Gasteiger partial charge in [-0.2, -0.15) is 0 Å². The number of amides is 3. The zero-order chi connectivity index (χ0) is 17.9. The topological polar surface area (TPSA) is 82.7 Å². The lowest BCUT2D eigenvalue weighted by atomic mass is 10.2. The fourth-order valence-electron chi connectivity index (χ4n) is 2.69. The summed E-state index contributed by atoms with van der Waals surface area (Å²) in [6.07, 6.45) is 4.52. The molecule has 1 aromatic rings. The fourth-order valence-corrected chi connectivity index (χ4v) is 2.69. The van der Waals surface area contributed by atoms with Crippen molar-refractivity contribution in [1.29, 1.82) is 0 Å². The standard InChI is InChI=1S/C18H28N4O3.ClH/c1-25-13-10-19-14-17(23)20-15-6-8-16(9-7-15)21-18(24)22-11-4-2-3-5-12-22;/h6-9,19H,2-5,10-14H2,1H3,(H,20,23)(H,21,24);1H. The van der Waals surface area contributed by atoms with Crippen LogP contribution in [-0.4, -0.2) is 56.7 Å². The number of ether oxygens (including phenoxy) is 1. The summed E-state index contributed by atoms with van der Waals surface area (Å²) in [6, 6.07) is 7.10. The molecule has 0 aliphatic carbocycles. The van der Waals surface area contributed by atoms with Gasteiger partial charge in [-0.1, -0.05) is 12.8 Å². The van der Waals surface area contributed by atoms with E-state index >= 15 is 0 Å². The lowest BCUT2D eigenvalue weighted by Gasteiger charge is -2.20. The largest absolute Gasteiger partial charge is 0.383 e. The van der Waals surface area contributed by atoms with E-state index in [2.05, 4.69) is 16.0 Å². The molecule has 0 spiro atoms. The Morgan fingerprint density at radius 1 is 1.00 bits per heavy atom. The van der Waals surface area contributed by atoms with Crippen LogP contribution in [0.4, 0.5) is 16.2 Å². The lowest BCUT2D eigenvalue weighted by molar-refractivity contribution is -0.115. The third-order valence-electron chi connectivity index (χ3n) is 4.08. The zero-order valence-corrected chi connectivity index (χ0v) is 16.1. The number of nitrogens with zero attached hydrogens (tertiary/aromatic N) is 1. The first-order valence-corrected chi connectivity index (χ1v) is 8.84. The van der Waals surface area contributed by atoms with Crippen LogP contribution in [0.15, 0.2) is 24.3 Å². The van der Waals surface area contributed by atoms with E-state index in [9.17, 15) is 9.59 Å². The van der Waals surface area contributed by atoms with Gasteiger partial charge in [0.1, 0.15) is 0 Å². The van der Waals surface area contributed by atoms with Gasteiger partial charge < -0.3 is 25.6 Å². The van der Waals surface area contributed by atoms with Crippen molar-refractivity contribution in [2.45, 2.75) is 25.7 Å². The molecule has 0 radical (unpaired) electrons. The van der Waals surface area contributed by atoms with E-state index in [0.29, 0.717) is 18.8 Å². The molecule has 1 aromatic carbocycles. The third-order valence-corrected chi connectivity index (χ3v) is 4.08. The summed E-state index contributed by atoms with van der Waals surface area (Å²) >= 11 is 0. The van der Waals surface area contributed by atoms with Crippen molar-refractivity contribution in [3.05, 3.63) is 24.3 Å². The highest BCUT2D eigenvalue weighted by Crippen LogP contribution is 2.15. The highest BCUT2D eigenvalue weighted by molar-refractivity contribution is 5.93. The van der Waals surface area contributed by atoms with Crippen LogP contribution in [-0.2, 0) is 9.53 Å². The Morgan fingerprint density at radius 3 is 2.15 bits per heavy atom. The number of carbonyl (C=O) groups is 2. The molecule has 1 fully saturated rings. The first kappa shape index (κ1) is 22.2. The molecule has 7 nitrogen and oxygen atoms in total. The lowest BCUT2D eigenvalue weighted by Crippen LogP contribution is -2.35. The molecule has 0 atom stereocenters. The maximum absolute atomic E-state index is 12.3. The van der Waals surface area contributed by atoms with E-state index in [-0.39, 0.29) is 30.9 Å². The molecule has 1 aliphatic rings. The highest BCUT2D eigenvalue weighted by Gasteiger charge is 2.15. The molecule has 0 unspecified atom stereocenters. The monoisotopic (exact) mass is 384 g/mol. The van der Waals surface area contributed by atoms with Crippen molar-refractivity contribution < 1.29 is 14.3 Å². The third kappa shape index (κ3) is 8.03. The Hall–Kier alpha value is -1.83. The van der Waals surface area contributed by atoms with Crippen LogP contribution in [0.2, 0.25) is 0 Å². The number of rotatable bonds is 7. The van der Waals surface area contributed by atoms with Crippen LogP contribution in [0, 0.1) is 0 Å². The van der Waals surface area contributed by atoms with E-state index in [4.69, 9.17) is 4.74 Å². The molecule has 146 valence electrons. The Balaban J connectivity index is 0.00000338. The van der Waals surface area contributed by atoms with Crippen LogP contribution in [0.5, 0.6) is 0 Å². The fraction of sp³-hybridized carbons (Fsp3) is 0.556. The van der Waals surface area contributed by atoms with E-state index in [1.807, 2.05) is 4.90 Å². The molecule has 1 heterocycles. The van der Waals surface area contributed by atoms with Crippen molar-refractivity contribution in [3.8, 4) is 0 Å². The van der Waals surface area contributed by atoms with Gasteiger partial charge in [0.25, 0.3) is 0 Å². The number of carbonyl (C=O) groups excluding carboxylic acids is 2. The van der Waals surface area contributed by atoms with Gasteiger partial charge >= 0.3 is 6.03 Å². The van der Waals surface area contributed by atoms with E-state index in [0.717, 1.165) is 31.6 Å². The van der Waals surface area contributed by atoms with Gasteiger partial charge in [-0.05, 0) is 37.1 Å². The summed E-state index contributed by atoms with van der Waals surface area (Å²) < 4.78 is 4.91. The number of methoxy groups -OCH3 is 1. The Bertz CT molecular complexity index is 546. The molecule has 0 bridgehead atoms. The average Bonchev–Trinajstić information content (AvgIpc) is 2.90. The molecule has 8 heteroatoms. The van der Waals surface area contributed by atoms with Crippen molar-refractivity contribution in [2.24, 2.45) is 0 Å². The highest BCUT2D eigenvalue weighted by atomic mass is 35.5. The van der Waals surface area contributed by atoms with Crippen LogP contribution < -0.4 is 16.0 Å². The summed E-state index contributed by atoms with van der Waals surface area (Å²) in [4.78, 5) is 25.9. The Morgan fingerprint density at radius 2 is 1.58 bits per heavy atom. The number of urea groups is 1. The van der Waals surface area contributed by atoms with Gasteiger partial charge in [-0.25, -0.2) is 4.79 Å². The van der Waals surface area contributed by atoms with Crippen LogP contribution in [0.25, 0.3) is 0 Å². The summed E-state index contributed by atoms with van der Waals surface area (Å²) in [7, 11) is 1.62. The van der Waals surface area contributed by atoms with E-state index < -0.39 is 0 Å². The van der Waals surface area contributed by atoms with E-state index in [1.165, 1.54) is 12.8 Å². The Kier molecular flexibility index (Phi) is 10.7. The first-order chi connectivity index (χ1) is 12.2. The van der Waals surface area contributed by atoms with Gasteiger partial charge in [0.15, 0.2) is 0 Å². The minimum Gasteiger partial charge on any atom is -0.383 e. The van der Waals surface area contributed by atoms with Gasteiger partial charge in [0, 0.05) is 38.1 Å². The maximum atomic E-state index is 12.3. The number of likely N-dealkylation sites (tertiary alicyclic amines) is 1. The van der Waals surface area contributed by atoms with Crippen molar-refractivity contribution >= 4 is 35.7 Å². The molecular formula is C18H29ClN4O3. The smallest absolute Gasteiger partial charge is 0.321 e. The number of hydrogen-bond donors (Lipinski definition) is 3. The number of hydrogen-bond acceptors (Lipinski definition) is 4. The number of nitrogens with one attached hydrogen (secondary N) is 3. The first-order valence-electron chi connectivity index (χ1n) is 8.84. The second-order valence-electron chi connectivity index (χ2n) is 6.13. The van der Waals surface area contributed by atoms with Gasteiger partial charge in [-0.3, -0.25) is 4.79 Å². The minimum absolute atomic E-state index is 0. The second kappa shape index (κ2) is 12.5. The average molecular weight is 385 g/mol. The van der Waals surface area contributed by atoms with Gasteiger partial charge in [0.2, 0.25) is 5.91 Å². The number of halogens is 1. The molecule has 0 aromatic heterocycles. The molecular weight excluding hydrogens is 356 g/mol. The number of benzene rings is 1. The molecule has 2 rings (SSSR count). The van der Waals surface area contributed by atoms with Crippen molar-refractivity contribution in [1.82, 2.24) is 10.2 Å². The van der Waals surface area contributed by atoms with Gasteiger partial charge in [-0.15, -0.1) is 12.4 Å². The summed E-state index contributed by atoms with van der Waals surface area (Å²) in [5.74, 6) is -0.113. The van der Waals surface area contributed by atoms with Crippen LogP contribution in [0.3, 0.4) is 0 Å². The van der Waals surface area contributed by atoms with Crippen LogP contribution in [0.1, 0.15) is 25.7 Å². The van der Waals surface area contributed by atoms with Crippen molar-refractivity contribution in [2.75, 3.05) is 50.5 Å². The molecule has 0 saturated carbocycles. The van der Waals surface area contributed by atoms with Gasteiger partial charge in [0.05, 0.1) is 13.2 Å². The minimum atomic E-state index is -0.113. The quantitative estimate of drug-likeness (QED) is 0.631. The SMILES string of the molecule is COCCNCC(=O)Nc1ccc(NC(=O)N2CCCCCC2)cc1.Cl. The summed E-state index contributed by atoms with van der Waals surface area (Å²) in [6.45, 7) is 3.06. The summed E-state index contributed by atoms with van der Waals surface area (Å²) in [5.41, 5.74) is 1.43. The molecule has 3 N–H and O–H groups in total. The molecule has 1 aliphatic heterocycles. The van der Waals surface area contributed by atoms with E-state index in [1.54, 1.807) is 31.4 Å². The predicted molar refractivity (Wildman–Crippen MR) is 106 cm³/mol. The second-order valence-corrected chi connectivity index (χ2v) is 6.13. The van der Waals surface area contributed by atoms with Crippen LogP contribution >= 0.6 is 12.4 Å². The zero-order valence-electron chi connectivity index (χ0n) is 15.3. The summed E-state index contributed by atoms with van der Waals surface area (Å²) in [5, 5.41) is 8.71. The molecule has 1 saturated heterocycles.